The third-order valence-corrected chi connectivity index (χ3v) is 3.87. The van der Waals surface area contributed by atoms with Gasteiger partial charge in [0.25, 0.3) is 5.91 Å². The first-order valence-corrected chi connectivity index (χ1v) is 7.86. The Kier molecular flexibility index (Phi) is 4.88. The van der Waals surface area contributed by atoms with Gasteiger partial charge >= 0.3 is 0 Å². The van der Waals surface area contributed by atoms with Crippen LogP contribution in [0.1, 0.15) is 21.6 Å². The highest BCUT2D eigenvalue weighted by Gasteiger charge is 2.12. The molecule has 7 heteroatoms. The molecule has 0 aliphatic heterocycles. The molecule has 132 valence electrons. The minimum Gasteiger partial charge on any atom is -0.334 e. The number of aryl methyl sites for hydroxylation is 2. The van der Waals surface area contributed by atoms with Gasteiger partial charge in [0, 0.05) is 5.69 Å². The normalized spacial score (nSPS) is 10.5. The van der Waals surface area contributed by atoms with Gasteiger partial charge in [-0.3, -0.25) is 4.79 Å². The first kappa shape index (κ1) is 17.5. The van der Waals surface area contributed by atoms with E-state index in [4.69, 9.17) is 0 Å². The summed E-state index contributed by atoms with van der Waals surface area (Å²) in [5, 5.41) is 5.25. The lowest BCUT2D eigenvalue weighted by Gasteiger charge is -2.09. The largest absolute Gasteiger partial charge is 0.334 e. The summed E-state index contributed by atoms with van der Waals surface area (Å²) in [4.78, 5) is 20.2. The average Bonchev–Trinajstić information content (AvgIpc) is 2.62. The summed E-state index contributed by atoms with van der Waals surface area (Å²) in [5.74, 6) is -1.80. The van der Waals surface area contributed by atoms with Crippen molar-refractivity contribution < 1.29 is 13.6 Å². The van der Waals surface area contributed by atoms with Crippen LogP contribution in [0.4, 0.5) is 26.0 Å². The molecule has 0 fully saturated rings. The SMILES string of the molecule is Cc1ccc(NC(=O)c2cnc(Nc3c(F)cccc3F)cn2)cc1C. The van der Waals surface area contributed by atoms with E-state index < -0.39 is 17.5 Å². The van der Waals surface area contributed by atoms with Gasteiger partial charge in [-0.25, -0.2) is 18.7 Å². The van der Waals surface area contributed by atoms with Crippen molar-refractivity contribution in [3.8, 4) is 0 Å². The van der Waals surface area contributed by atoms with E-state index in [0.717, 1.165) is 23.3 Å². The topological polar surface area (TPSA) is 66.9 Å². The zero-order valence-corrected chi connectivity index (χ0v) is 14.2. The fourth-order valence-corrected chi connectivity index (χ4v) is 2.27. The van der Waals surface area contributed by atoms with E-state index in [1.54, 1.807) is 6.07 Å². The van der Waals surface area contributed by atoms with Crippen LogP contribution < -0.4 is 10.6 Å². The lowest BCUT2D eigenvalue weighted by Crippen LogP contribution is -2.14. The maximum atomic E-state index is 13.6. The highest BCUT2D eigenvalue weighted by Crippen LogP contribution is 2.21. The second-order valence-electron chi connectivity index (χ2n) is 5.76. The molecule has 0 spiro atoms. The first-order valence-electron chi connectivity index (χ1n) is 7.86. The van der Waals surface area contributed by atoms with E-state index >= 15 is 0 Å². The van der Waals surface area contributed by atoms with Crippen molar-refractivity contribution in [1.29, 1.82) is 0 Å². The number of benzene rings is 2. The quantitative estimate of drug-likeness (QED) is 0.730. The van der Waals surface area contributed by atoms with Crippen LogP contribution in [0.3, 0.4) is 0 Å². The molecule has 0 radical (unpaired) electrons. The number of hydrogen-bond donors (Lipinski definition) is 2. The number of rotatable bonds is 4. The van der Waals surface area contributed by atoms with E-state index in [0.29, 0.717) is 5.69 Å². The van der Waals surface area contributed by atoms with Gasteiger partial charge in [-0.2, -0.15) is 0 Å². The third kappa shape index (κ3) is 3.83. The van der Waals surface area contributed by atoms with E-state index in [1.807, 2.05) is 26.0 Å². The summed E-state index contributed by atoms with van der Waals surface area (Å²) >= 11 is 0. The molecule has 26 heavy (non-hydrogen) atoms. The number of anilines is 3. The van der Waals surface area contributed by atoms with Crippen LogP contribution in [-0.2, 0) is 0 Å². The van der Waals surface area contributed by atoms with E-state index in [2.05, 4.69) is 20.6 Å². The summed E-state index contributed by atoms with van der Waals surface area (Å²) in [5.41, 5.74) is 2.59. The average molecular weight is 354 g/mol. The van der Waals surface area contributed by atoms with Gasteiger partial charge in [0.2, 0.25) is 0 Å². The number of halogens is 2. The molecule has 0 aliphatic rings. The lowest BCUT2D eigenvalue weighted by molar-refractivity contribution is 0.102. The highest BCUT2D eigenvalue weighted by atomic mass is 19.1. The van der Waals surface area contributed by atoms with Crippen LogP contribution >= 0.6 is 0 Å². The molecule has 0 unspecified atom stereocenters. The Balaban J connectivity index is 1.72. The van der Waals surface area contributed by atoms with Gasteiger partial charge in [0.05, 0.1) is 12.4 Å². The van der Waals surface area contributed by atoms with Crippen LogP contribution in [0, 0.1) is 25.5 Å². The molecule has 1 heterocycles. The predicted molar refractivity (Wildman–Crippen MR) is 95.5 cm³/mol. The Labute approximate surface area is 149 Å². The van der Waals surface area contributed by atoms with Gasteiger partial charge < -0.3 is 10.6 Å². The molecule has 2 N–H and O–H groups in total. The molecule has 2 aromatic carbocycles. The molecule has 3 aromatic rings. The number of nitrogens with zero attached hydrogens (tertiary/aromatic N) is 2. The second kappa shape index (κ2) is 7.26. The fraction of sp³-hybridized carbons (Fsp3) is 0.105. The first-order chi connectivity index (χ1) is 12.4. The van der Waals surface area contributed by atoms with Crippen molar-refractivity contribution in [2.24, 2.45) is 0 Å². The zero-order chi connectivity index (χ0) is 18.7. The predicted octanol–water partition coefficient (Wildman–Crippen LogP) is 4.37. The zero-order valence-electron chi connectivity index (χ0n) is 14.2. The van der Waals surface area contributed by atoms with Gasteiger partial charge in [0.1, 0.15) is 28.8 Å². The van der Waals surface area contributed by atoms with Gasteiger partial charge in [-0.05, 0) is 49.2 Å². The minimum atomic E-state index is -0.747. The Bertz CT molecular complexity index is 938. The Morgan fingerprint density at radius 3 is 2.31 bits per heavy atom. The van der Waals surface area contributed by atoms with Crippen molar-refractivity contribution in [1.82, 2.24) is 9.97 Å². The summed E-state index contributed by atoms with van der Waals surface area (Å²) in [6.07, 6.45) is 2.47. The molecule has 1 amide bonds. The molecular formula is C19H16F2N4O. The number of carbonyl (C=O) groups excluding carboxylic acids is 1. The Hall–Kier alpha value is -3.35. The van der Waals surface area contributed by atoms with E-state index in [-0.39, 0.29) is 17.2 Å². The van der Waals surface area contributed by atoms with Crippen LogP contribution in [0.2, 0.25) is 0 Å². The van der Waals surface area contributed by atoms with Crippen molar-refractivity contribution >= 4 is 23.1 Å². The summed E-state index contributed by atoms with van der Waals surface area (Å²) in [7, 11) is 0. The fourth-order valence-electron chi connectivity index (χ4n) is 2.27. The van der Waals surface area contributed by atoms with E-state index in [9.17, 15) is 13.6 Å². The van der Waals surface area contributed by atoms with Gasteiger partial charge in [-0.15, -0.1) is 0 Å². The number of para-hydroxylation sites is 1. The van der Waals surface area contributed by atoms with Crippen molar-refractivity contribution in [2.75, 3.05) is 10.6 Å². The molecule has 0 aliphatic carbocycles. The second-order valence-corrected chi connectivity index (χ2v) is 5.76. The van der Waals surface area contributed by atoms with Crippen LogP contribution in [0.25, 0.3) is 0 Å². The number of aromatic nitrogens is 2. The van der Waals surface area contributed by atoms with Crippen LogP contribution in [0.5, 0.6) is 0 Å². The molecule has 5 nitrogen and oxygen atoms in total. The van der Waals surface area contributed by atoms with E-state index in [1.165, 1.54) is 18.5 Å². The number of amides is 1. The molecular weight excluding hydrogens is 338 g/mol. The number of hydrogen-bond acceptors (Lipinski definition) is 4. The Morgan fingerprint density at radius 2 is 1.69 bits per heavy atom. The summed E-state index contributed by atoms with van der Waals surface area (Å²) in [6, 6.07) is 9.09. The van der Waals surface area contributed by atoms with Crippen LogP contribution in [0.15, 0.2) is 48.8 Å². The minimum absolute atomic E-state index is 0.0859. The summed E-state index contributed by atoms with van der Waals surface area (Å²) < 4.78 is 27.3. The Morgan fingerprint density at radius 1 is 0.962 bits per heavy atom. The summed E-state index contributed by atoms with van der Waals surface area (Å²) in [6.45, 7) is 3.93. The highest BCUT2D eigenvalue weighted by molar-refractivity contribution is 6.02. The molecule has 0 saturated carbocycles. The maximum Gasteiger partial charge on any atom is 0.275 e. The standard InChI is InChI=1S/C19H16F2N4O/c1-11-6-7-13(8-12(11)2)24-19(26)16-9-23-17(10-22-16)25-18-14(20)4-3-5-15(18)21/h3-10H,1-2H3,(H,23,25)(H,24,26). The lowest BCUT2D eigenvalue weighted by atomic mass is 10.1. The van der Waals surface area contributed by atoms with Crippen molar-refractivity contribution in [2.45, 2.75) is 13.8 Å². The third-order valence-electron chi connectivity index (χ3n) is 3.87. The number of nitrogens with one attached hydrogen (secondary N) is 2. The molecule has 1 aromatic heterocycles. The molecule has 0 atom stereocenters. The monoisotopic (exact) mass is 354 g/mol. The van der Waals surface area contributed by atoms with Crippen LogP contribution in [-0.4, -0.2) is 15.9 Å². The van der Waals surface area contributed by atoms with Gasteiger partial charge in [0.15, 0.2) is 0 Å². The van der Waals surface area contributed by atoms with Crippen molar-refractivity contribution in [3.05, 3.63) is 77.2 Å². The molecule has 0 saturated heterocycles. The maximum absolute atomic E-state index is 13.6. The molecule has 3 rings (SSSR count). The van der Waals surface area contributed by atoms with Gasteiger partial charge in [-0.1, -0.05) is 12.1 Å². The number of carbonyl (C=O) groups is 1. The smallest absolute Gasteiger partial charge is 0.275 e. The van der Waals surface area contributed by atoms with Crippen molar-refractivity contribution in [3.63, 3.8) is 0 Å². The molecule has 0 bridgehead atoms.